The number of aromatic amines is 1. The summed E-state index contributed by atoms with van der Waals surface area (Å²) in [5.74, 6) is -0.0734. The van der Waals surface area contributed by atoms with Crippen LogP contribution in [0.1, 0.15) is 38.9 Å². The van der Waals surface area contributed by atoms with E-state index in [1.807, 2.05) is 20.8 Å². The summed E-state index contributed by atoms with van der Waals surface area (Å²) >= 11 is 0. The number of nitrogens with zero attached hydrogens (tertiary/aromatic N) is 2. The first-order valence-corrected chi connectivity index (χ1v) is 5.89. The molecular weight excluding hydrogens is 238 g/mol. The Kier molecular flexibility index (Phi) is 3.14. The minimum atomic E-state index is -0.569. The van der Waals surface area contributed by atoms with Crippen molar-refractivity contribution in [1.82, 2.24) is 15.0 Å². The number of H-pyrrole nitrogens is 1. The van der Waals surface area contributed by atoms with E-state index in [4.69, 9.17) is 4.74 Å². The van der Waals surface area contributed by atoms with Crippen LogP contribution in [0.4, 0.5) is 4.79 Å². The van der Waals surface area contributed by atoms with Crippen LogP contribution >= 0.6 is 0 Å². The molecule has 1 saturated heterocycles. The molecule has 1 fully saturated rings. The quantitative estimate of drug-likeness (QED) is 0.811. The lowest BCUT2D eigenvalue weighted by atomic mass is 10.1. The Morgan fingerprint density at radius 3 is 2.83 bits per heavy atom. The average Bonchev–Trinajstić information content (AvgIpc) is 2.82. The molecule has 7 heteroatoms. The normalized spacial score (nSPS) is 20.2. The van der Waals surface area contributed by atoms with Crippen LogP contribution in [0.2, 0.25) is 0 Å². The van der Waals surface area contributed by atoms with Gasteiger partial charge in [0, 0.05) is 19.0 Å². The summed E-state index contributed by atoms with van der Waals surface area (Å²) in [6.45, 7) is 6.56. The van der Waals surface area contributed by atoms with E-state index >= 15 is 0 Å². The monoisotopic (exact) mass is 255 g/mol. The first kappa shape index (κ1) is 12.7. The molecule has 18 heavy (non-hydrogen) atoms. The lowest BCUT2D eigenvalue weighted by Crippen LogP contribution is -2.35. The number of aromatic nitrogens is 2. The number of rotatable bonds is 1. The van der Waals surface area contributed by atoms with Crippen LogP contribution < -0.4 is 5.76 Å². The summed E-state index contributed by atoms with van der Waals surface area (Å²) in [6.07, 6.45) is 0.401. The van der Waals surface area contributed by atoms with Gasteiger partial charge in [-0.15, -0.1) is 0 Å². The van der Waals surface area contributed by atoms with E-state index in [0.29, 0.717) is 18.9 Å². The van der Waals surface area contributed by atoms with Gasteiger partial charge in [0.15, 0.2) is 5.82 Å². The number of nitrogens with one attached hydrogen (secondary N) is 1. The van der Waals surface area contributed by atoms with E-state index in [-0.39, 0.29) is 12.0 Å². The van der Waals surface area contributed by atoms with Gasteiger partial charge in [-0.3, -0.25) is 9.51 Å². The van der Waals surface area contributed by atoms with Crippen LogP contribution in [-0.4, -0.2) is 39.8 Å². The average molecular weight is 255 g/mol. The molecule has 0 aliphatic carbocycles. The molecule has 1 aliphatic rings. The van der Waals surface area contributed by atoms with Gasteiger partial charge in [-0.2, -0.15) is 0 Å². The minimum absolute atomic E-state index is 0.00367. The maximum Gasteiger partial charge on any atom is 0.438 e. The highest BCUT2D eigenvalue weighted by molar-refractivity contribution is 5.68. The van der Waals surface area contributed by atoms with Gasteiger partial charge in [0.25, 0.3) is 0 Å². The zero-order chi connectivity index (χ0) is 13.3. The zero-order valence-electron chi connectivity index (χ0n) is 10.7. The molecule has 1 aromatic rings. The number of carbonyl (C=O) groups is 1. The van der Waals surface area contributed by atoms with Crippen molar-refractivity contribution >= 4 is 6.09 Å². The molecule has 1 N–H and O–H groups in total. The van der Waals surface area contributed by atoms with E-state index in [1.165, 1.54) is 0 Å². The first-order valence-electron chi connectivity index (χ1n) is 5.89. The Morgan fingerprint density at radius 1 is 1.56 bits per heavy atom. The molecule has 1 aromatic heterocycles. The molecule has 0 saturated carbocycles. The molecule has 1 aliphatic heterocycles. The Morgan fingerprint density at radius 2 is 2.28 bits per heavy atom. The fourth-order valence-corrected chi connectivity index (χ4v) is 1.89. The van der Waals surface area contributed by atoms with Gasteiger partial charge >= 0.3 is 11.8 Å². The van der Waals surface area contributed by atoms with Crippen molar-refractivity contribution in [3.8, 4) is 0 Å². The van der Waals surface area contributed by atoms with Crippen LogP contribution in [0.15, 0.2) is 9.32 Å². The smallest absolute Gasteiger partial charge is 0.438 e. The second kappa shape index (κ2) is 4.47. The van der Waals surface area contributed by atoms with Crippen LogP contribution in [0, 0.1) is 0 Å². The molecule has 1 atom stereocenters. The number of hydrogen-bond donors (Lipinski definition) is 1. The Bertz CT molecular complexity index is 485. The molecule has 1 amide bonds. The number of ether oxygens (including phenoxy) is 1. The van der Waals surface area contributed by atoms with Crippen molar-refractivity contribution < 1.29 is 14.1 Å². The van der Waals surface area contributed by atoms with E-state index in [9.17, 15) is 9.59 Å². The summed E-state index contributed by atoms with van der Waals surface area (Å²) < 4.78 is 9.74. The topological polar surface area (TPSA) is 88.4 Å². The van der Waals surface area contributed by atoms with Crippen molar-refractivity contribution in [3.63, 3.8) is 0 Å². The van der Waals surface area contributed by atoms with Gasteiger partial charge in [-0.25, -0.2) is 9.59 Å². The van der Waals surface area contributed by atoms with Gasteiger partial charge in [-0.1, -0.05) is 5.16 Å². The molecule has 0 spiro atoms. The van der Waals surface area contributed by atoms with Crippen LogP contribution in [0.5, 0.6) is 0 Å². The van der Waals surface area contributed by atoms with Gasteiger partial charge in [0.1, 0.15) is 5.60 Å². The predicted molar refractivity (Wildman–Crippen MR) is 62.3 cm³/mol. The second-order valence-corrected chi connectivity index (χ2v) is 5.39. The van der Waals surface area contributed by atoms with Crippen molar-refractivity contribution in [1.29, 1.82) is 0 Å². The van der Waals surface area contributed by atoms with Crippen LogP contribution in [-0.2, 0) is 4.74 Å². The zero-order valence-corrected chi connectivity index (χ0v) is 10.7. The fourth-order valence-electron chi connectivity index (χ4n) is 1.89. The molecule has 0 aromatic carbocycles. The molecule has 100 valence electrons. The number of hydrogen-bond acceptors (Lipinski definition) is 5. The van der Waals surface area contributed by atoms with Crippen LogP contribution in [0.25, 0.3) is 0 Å². The molecule has 1 unspecified atom stereocenters. The highest BCUT2D eigenvalue weighted by Gasteiger charge is 2.32. The summed E-state index contributed by atoms with van der Waals surface area (Å²) in [5, 5.41) is 3.64. The predicted octanol–water partition coefficient (Wildman–Crippen LogP) is 1.09. The van der Waals surface area contributed by atoms with Crippen molar-refractivity contribution in [2.45, 2.75) is 38.7 Å². The Balaban J connectivity index is 1.96. The third-order valence-electron chi connectivity index (χ3n) is 2.68. The first-order chi connectivity index (χ1) is 8.35. The lowest BCUT2D eigenvalue weighted by molar-refractivity contribution is 0.0292. The number of likely N-dealkylation sites (tertiary alicyclic amines) is 1. The largest absolute Gasteiger partial charge is 0.444 e. The third kappa shape index (κ3) is 2.91. The molecule has 2 rings (SSSR count). The van der Waals surface area contributed by atoms with E-state index in [0.717, 1.165) is 6.42 Å². The summed E-state index contributed by atoms with van der Waals surface area (Å²) in [7, 11) is 0. The highest BCUT2D eigenvalue weighted by atomic mass is 16.6. The summed E-state index contributed by atoms with van der Waals surface area (Å²) in [5.41, 5.74) is -0.503. The third-order valence-corrected chi connectivity index (χ3v) is 2.68. The standard InChI is InChI=1S/C11H17N3O4/c1-11(2,3)17-10(16)14-5-4-7(6-14)8-12-9(15)18-13-8/h7H,4-6H2,1-3H3,(H,12,13,15). The van der Waals surface area contributed by atoms with Crippen molar-refractivity contribution in [2.24, 2.45) is 0 Å². The second-order valence-electron chi connectivity index (χ2n) is 5.39. The van der Waals surface area contributed by atoms with Gasteiger partial charge in [0.2, 0.25) is 0 Å². The number of amides is 1. The number of carbonyl (C=O) groups excluding carboxylic acids is 1. The highest BCUT2D eigenvalue weighted by Crippen LogP contribution is 2.25. The van der Waals surface area contributed by atoms with Crippen molar-refractivity contribution in [3.05, 3.63) is 16.4 Å². The Hall–Kier alpha value is -1.79. The van der Waals surface area contributed by atoms with E-state index < -0.39 is 11.4 Å². The summed E-state index contributed by atoms with van der Waals surface area (Å²) in [6, 6.07) is 0. The molecule has 2 heterocycles. The molecule has 0 bridgehead atoms. The SMILES string of the molecule is CC(C)(C)OC(=O)N1CCC(c2noc(=O)[nH]2)C1. The van der Waals surface area contributed by atoms with Crippen LogP contribution in [0.3, 0.4) is 0 Å². The molecular formula is C11H17N3O4. The fraction of sp³-hybridized carbons (Fsp3) is 0.727. The maximum atomic E-state index is 11.8. The van der Waals surface area contributed by atoms with E-state index in [2.05, 4.69) is 14.7 Å². The lowest BCUT2D eigenvalue weighted by Gasteiger charge is -2.24. The van der Waals surface area contributed by atoms with Gasteiger partial charge < -0.3 is 9.64 Å². The van der Waals surface area contributed by atoms with Crippen molar-refractivity contribution in [2.75, 3.05) is 13.1 Å². The van der Waals surface area contributed by atoms with Gasteiger partial charge in [-0.05, 0) is 27.2 Å². The Labute approximate surface area is 104 Å². The minimum Gasteiger partial charge on any atom is -0.444 e. The molecule has 0 radical (unpaired) electrons. The summed E-state index contributed by atoms with van der Waals surface area (Å²) in [4.78, 5) is 26.8. The maximum absolute atomic E-state index is 11.8. The molecule has 7 nitrogen and oxygen atoms in total. The van der Waals surface area contributed by atoms with E-state index in [1.54, 1.807) is 4.90 Å². The van der Waals surface area contributed by atoms with Gasteiger partial charge in [0.05, 0.1) is 0 Å².